The molecule has 2 atom stereocenters. The largest absolute Gasteiger partial charge is 0.374 e. The lowest BCUT2D eigenvalue weighted by Crippen LogP contribution is -2.30. The van der Waals surface area contributed by atoms with Crippen molar-refractivity contribution >= 4 is 5.91 Å². The average Bonchev–Trinajstić information content (AvgIpc) is 2.36. The number of ether oxygens (including phenoxy) is 1. The molecular weight excluding hydrogens is 221 g/mol. The topological polar surface area (TPSA) is 52.3 Å². The van der Waals surface area contributed by atoms with E-state index in [1.165, 1.54) is 0 Å². The number of methoxy groups -OCH3 is 1. The van der Waals surface area contributed by atoms with Crippen molar-refractivity contribution in [2.75, 3.05) is 7.11 Å². The molecule has 0 spiro atoms. The highest BCUT2D eigenvalue weighted by atomic mass is 19.1. The zero-order valence-electron chi connectivity index (χ0n) is 10.2. The molecule has 0 aliphatic carbocycles. The van der Waals surface area contributed by atoms with Crippen LogP contribution in [0.1, 0.15) is 25.3 Å². The Hall–Kier alpha value is -1.42. The van der Waals surface area contributed by atoms with Crippen molar-refractivity contribution in [3.8, 4) is 0 Å². The van der Waals surface area contributed by atoms with Crippen LogP contribution in [0.3, 0.4) is 0 Å². The molecule has 17 heavy (non-hydrogen) atoms. The van der Waals surface area contributed by atoms with Crippen LogP contribution in [0.15, 0.2) is 30.3 Å². The SMILES string of the molecule is COC(C)(CCC(F)C(N)=O)c1ccccc1. The summed E-state index contributed by atoms with van der Waals surface area (Å²) in [5.41, 5.74) is 5.25. The Bertz CT molecular complexity index is 369. The second-order valence-corrected chi connectivity index (χ2v) is 4.21. The minimum absolute atomic E-state index is 0.0641. The van der Waals surface area contributed by atoms with Gasteiger partial charge in [0.1, 0.15) is 0 Å². The summed E-state index contributed by atoms with van der Waals surface area (Å²) < 4.78 is 18.6. The Morgan fingerprint density at radius 3 is 2.53 bits per heavy atom. The van der Waals surface area contributed by atoms with Gasteiger partial charge >= 0.3 is 0 Å². The van der Waals surface area contributed by atoms with Gasteiger partial charge in [0, 0.05) is 7.11 Å². The van der Waals surface area contributed by atoms with Crippen LogP contribution >= 0.6 is 0 Å². The van der Waals surface area contributed by atoms with Crippen molar-refractivity contribution in [3.05, 3.63) is 35.9 Å². The fourth-order valence-electron chi connectivity index (χ4n) is 1.70. The van der Waals surface area contributed by atoms with Gasteiger partial charge < -0.3 is 10.5 Å². The molecule has 0 saturated carbocycles. The van der Waals surface area contributed by atoms with E-state index in [4.69, 9.17) is 10.5 Å². The highest BCUT2D eigenvalue weighted by Gasteiger charge is 2.28. The van der Waals surface area contributed by atoms with Crippen LogP contribution in [-0.2, 0) is 15.1 Å². The first-order chi connectivity index (χ1) is 7.99. The van der Waals surface area contributed by atoms with Crippen molar-refractivity contribution < 1.29 is 13.9 Å². The van der Waals surface area contributed by atoms with Crippen molar-refractivity contribution in [2.45, 2.75) is 31.5 Å². The molecule has 0 bridgehead atoms. The smallest absolute Gasteiger partial charge is 0.251 e. The maximum absolute atomic E-state index is 13.2. The summed E-state index contributed by atoms with van der Waals surface area (Å²) in [5.74, 6) is -0.920. The second kappa shape index (κ2) is 5.77. The summed E-state index contributed by atoms with van der Waals surface area (Å²) in [6, 6.07) is 9.53. The third kappa shape index (κ3) is 3.53. The number of hydrogen-bond acceptors (Lipinski definition) is 2. The number of carbonyl (C=O) groups excluding carboxylic acids is 1. The van der Waals surface area contributed by atoms with Crippen LogP contribution in [0, 0.1) is 0 Å². The van der Waals surface area contributed by atoms with Gasteiger partial charge in [0.25, 0.3) is 5.91 Å². The van der Waals surface area contributed by atoms with E-state index in [0.717, 1.165) is 5.56 Å². The molecule has 4 heteroatoms. The monoisotopic (exact) mass is 239 g/mol. The first-order valence-corrected chi connectivity index (χ1v) is 5.53. The summed E-state index contributed by atoms with van der Waals surface area (Å²) in [5, 5.41) is 0. The molecule has 2 unspecified atom stereocenters. The molecule has 1 amide bonds. The number of benzene rings is 1. The maximum Gasteiger partial charge on any atom is 0.251 e. The number of nitrogens with two attached hydrogens (primary N) is 1. The van der Waals surface area contributed by atoms with Gasteiger partial charge in [0.15, 0.2) is 6.17 Å². The molecule has 0 aromatic heterocycles. The zero-order chi connectivity index (χ0) is 12.9. The molecule has 3 nitrogen and oxygen atoms in total. The van der Waals surface area contributed by atoms with Gasteiger partial charge in [-0.2, -0.15) is 0 Å². The lowest BCUT2D eigenvalue weighted by molar-refractivity contribution is -0.123. The number of halogens is 1. The van der Waals surface area contributed by atoms with Crippen LogP contribution in [0.25, 0.3) is 0 Å². The minimum atomic E-state index is -1.62. The van der Waals surface area contributed by atoms with Crippen LogP contribution in [-0.4, -0.2) is 19.2 Å². The predicted octanol–water partition coefficient (Wildman–Crippen LogP) is 2.15. The van der Waals surface area contributed by atoms with E-state index < -0.39 is 17.7 Å². The zero-order valence-corrected chi connectivity index (χ0v) is 10.2. The van der Waals surface area contributed by atoms with Gasteiger partial charge in [0.2, 0.25) is 0 Å². The average molecular weight is 239 g/mol. The van der Waals surface area contributed by atoms with Crippen molar-refractivity contribution in [3.63, 3.8) is 0 Å². The minimum Gasteiger partial charge on any atom is -0.374 e. The summed E-state index contributed by atoms with van der Waals surface area (Å²) >= 11 is 0. The Balaban J connectivity index is 2.73. The lowest BCUT2D eigenvalue weighted by Gasteiger charge is -2.29. The Morgan fingerprint density at radius 2 is 2.06 bits per heavy atom. The summed E-state index contributed by atoms with van der Waals surface area (Å²) in [4.78, 5) is 10.6. The Kier molecular flexibility index (Phi) is 4.63. The van der Waals surface area contributed by atoms with Gasteiger partial charge in [-0.05, 0) is 25.3 Å². The molecule has 0 saturated heterocycles. The molecule has 1 rings (SSSR count). The molecule has 0 fully saturated rings. The third-order valence-corrected chi connectivity index (χ3v) is 3.02. The highest BCUT2D eigenvalue weighted by molar-refractivity contribution is 5.78. The Labute approximate surface area is 101 Å². The fourth-order valence-corrected chi connectivity index (χ4v) is 1.70. The number of primary amides is 1. The molecule has 0 radical (unpaired) electrons. The third-order valence-electron chi connectivity index (χ3n) is 3.02. The summed E-state index contributed by atoms with van der Waals surface area (Å²) in [6.45, 7) is 1.87. The van der Waals surface area contributed by atoms with Crippen LogP contribution in [0.2, 0.25) is 0 Å². The van der Waals surface area contributed by atoms with E-state index in [2.05, 4.69) is 0 Å². The second-order valence-electron chi connectivity index (χ2n) is 4.21. The fraction of sp³-hybridized carbons (Fsp3) is 0.462. The molecule has 0 aliphatic rings. The van der Waals surface area contributed by atoms with Crippen LogP contribution in [0.4, 0.5) is 4.39 Å². The summed E-state index contributed by atoms with van der Waals surface area (Å²) in [7, 11) is 1.57. The van der Waals surface area contributed by atoms with Crippen molar-refractivity contribution in [1.29, 1.82) is 0 Å². The van der Waals surface area contributed by atoms with Gasteiger partial charge in [-0.15, -0.1) is 0 Å². The van der Waals surface area contributed by atoms with Gasteiger partial charge in [-0.3, -0.25) is 4.79 Å². The normalized spacial score (nSPS) is 16.2. The van der Waals surface area contributed by atoms with E-state index >= 15 is 0 Å². The molecule has 2 N–H and O–H groups in total. The van der Waals surface area contributed by atoms with Crippen molar-refractivity contribution in [1.82, 2.24) is 0 Å². The molecule has 94 valence electrons. The molecule has 0 aliphatic heterocycles. The van der Waals surface area contributed by atoms with E-state index in [1.807, 2.05) is 37.3 Å². The maximum atomic E-state index is 13.2. The van der Waals surface area contributed by atoms with E-state index in [9.17, 15) is 9.18 Å². The lowest BCUT2D eigenvalue weighted by atomic mass is 9.90. The Morgan fingerprint density at radius 1 is 1.47 bits per heavy atom. The highest BCUT2D eigenvalue weighted by Crippen LogP contribution is 2.30. The van der Waals surface area contributed by atoms with E-state index in [1.54, 1.807) is 7.11 Å². The van der Waals surface area contributed by atoms with Gasteiger partial charge in [-0.25, -0.2) is 4.39 Å². The standard InChI is InChI=1S/C13H18FNO2/c1-13(17-2,9-8-11(14)12(15)16)10-6-4-3-5-7-10/h3-7,11H,8-9H2,1-2H3,(H2,15,16). The molecule has 1 aromatic rings. The number of rotatable bonds is 6. The molecule has 1 aromatic carbocycles. The number of carbonyl (C=O) groups is 1. The number of alkyl halides is 1. The van der Waals surface area contributed by atoms with Gasteiger partial charge in [-0.1, -0.05) is 30.3 Å². The first kappa shape index (κ1) is 13.6. The first-order valence-electron chi connectivity index (χ1n) is 5.53. The summed E-state index contributed by atoms with van der Waals surface area (Å²) in [6.07, 6.45) is -1.15. The van der Waals surface area contributed by atoms with Crippen LogP contribution in [0.5, 0.6) is 0 Å². The van der Waals surface area contributed by atoms with Crippen molar-refractivity contribution in [2.24, 2.45) is 5.73 Å². The quantitative estimate of drug-likeness (QED) is 0.827. The van der Waals surface area contributed by atoms with E-state index in [0.29, 0.717) is 6.42 Å². The number of amides is 1. The van der Waals surface area contributed by atoms with Crippen LogP contribution < -0.4 is 5.73 Å². The van der Waals surface area contributed by atoms with E-state index in [-0.39, 0.29) is 6.42 Å². The predicted molar refractivity (Wildman–Crippen MR) is 64.1 cm³/mol. The van der Waals surface area contributed by atoms with Gasteiger partial charge in [0.05, 0.1) is 5.60 Å². The molecule has 0 heterocycles. The molecular formula is C13H18FNO2. The number of hydrogen-bond donors (Lipinski definition) is 1.